The molecule has 1 aromatic rings. The third-order valence-electron chi connectivity index (χ3n) is 1.46. The summed E-state index contributed by atoms with van der Waals surface area (Å²) in [5.41, 5.74) is 5.04. The Hall–Kier alpha value is -1.19. The summed E-state index contributed by atoms with van der Waals surface area (Å²) < 4.78 is 1.57. The van der Waals surface area contributed by atoms with Crippen molar-refractivity contribution < 1.29 is 0 Å². The Kier molecular flexibility index (Phi) is 1.55. The summed E-state index contributed by atoms with van der Waals surface area (Å²) in [7, 11) is 0. The molecule has 0 aliphatic heterocycles. The molecular formula is C7H13N3O. The summed E-state index contributed by atoms with van der Waals surface area (Å²) in [6.45, 7) is 5.84. The molecule has 11 heavy (non-hydrogen) atoms. The molecule has 1 rings (SSSR count). The first kappa shape index (κ1) is 7.91. The molecular weight excluding hydrogens is 142 g/mol. The van der Waals surface area contributed by atoms with Crippen molar-refractivity contribution >= 4 is 5.82 Å². The molecule has 0 atom stereocenters. The maximum absolute atomic E-state index is 11.1. The van der Waals surface area contributed by atoms with Crippen molar-refractivity contribution in [2.75, 3.05) is 5.73 Å². The first-order valence-electron chi connectivity index (χ1n) is 3.49. The largest absolute Gasteiger partial charge is 0.384 e. The molecule has 4 heteroatoms. The predicted octanol–water partition coefficient (Wildman–Crippen LogP) is 0.514. The zero-order chi connectivity index (χ0) is 8.65. The lowest BCUT2D eigenvalue weighted by Gasteiger charge is -2.18. The molecule has 1 aromatic heterocycles. The van der Waals surface area contributed by atoms with Crippen molar-refractivity contribution in [1.82, 2.24) is 9.55 Å². The summed E-state index contributed by atoms with van der Waals surface area (Å²) in [4.78, 5) is 13.6. The summed E-state index contributed by atoms with van der Waals surface area (Å²) in [5, 5.41) is 0. The van der Waals surface area contributed by atoms with E-state index in [0.717, 1.165) is 0 Å². The molecule has 4 nitrogen and oxygen atoms in total. The molecule has 0 saturated carbocycles. The molecule has 0 amide bonds. The fourth-order valence-electron chi connectivity index (χ4n) is 0.912. The molecule has 0 radical (unpaired) electrons. The van der Waals surface area contributed by atoms with E-state index in [1.807, 2.05) is 20.8 Å². The Labute approximate surface area is 65.0 Å². The smallest absolute Gasteiger partial charge is 0.327 e. The van der Waals surface area contributed by atoms with Gasteiger partial charge in [-0.3, -0.25) is 9.55 Å². The Morgan fingerprint density at radius 1 is 1.55 bits per heavy atom. The van der Waals surface area contributed by atoms with E-state index >= 15 is 0 Å². The molecule has 0 spiro atoms. The molecule has 1 heterocycles. The molecule has 3 N–H and O–H groups in total. The lowest BCUT2D eigenvalue weighted by Crippen LogP contribution is -2.31. The number of H-pyrrole nitrogens is 1. The van der Waals surface area contributed by atoms with Crippen LogP contribution in [0.15, 0.2) is 11.0 Å². The minimum absolute atomic E-state index is 0.157. The van der Waals surface area contributed by atoms with E-state index in [1.54, 1.807) is 10.8 Å². The van der Waals surface area contributed by atoms with E-state index in [2.05, 4.69) is 4.98 Å². The van der Waals surface area contributed by atoms with Crippen molar-refractivity contribution in [2.24, 2.45) is 0 Å². The number of anilines is 1. The standard InChI is InChI=1S/C7H13N3O/c1-7(2,3)10-4-5(8)9-6(10)11/h4H,8H2,1-3H3,(H,9,11). The second kappa shape index (κ2) is 2.15. The number of nitrogens with two attached hydrogens (primary N) is 1. The fourth-order valence-corrected chi connectivity index (χ4v) is 0.912. The van der Waals surface area contributed by atoms with Gasteiger partial charge in [0.15, 0.2) is 0 Å². The Balaban J connectivity index is 3.25. The third kappa shape index (κ3) is 1.45. The van der Waals surface area contributed by atoms with Crippen LogP contribution in [0.4, 0.5) is 5.82 Å². The van der Waals surface area contributed by atoms with Crippen molar-refractivity contribution in [1.29, 1.82) is 0 Å². The van der Waals surface area contributed by atoms with Crippen LogP contribution < -0.4 is 11.4 Å². The van der Waals surface area contributed by atoms with Crippen LogP contribution in [-0.4, -0.2) is 9.55 Å². The van der Waals surface area contributed by atoms with Crippen LogP contribution in [0.3, 0.4) is 0 Å². The monoisotopic (exact) mass is 155 g/mol. The molecule has 0 aliphatic carbocycles. The van der Waals surface area contributed by atoms with E-state index in [4.69, 9.17) is 5.73 Å². The maximum atomic E-state index is 11.1. The van der Waals surface area contributed by atoms with Gasteiger partial charge >= 0.3 is 5.69 Å². The SMILES string of the molecule is CC(C)(C)n1cc(N)[nH]c1=O. The van der Waals surface area contributed by atoms with E-state index in [0.29, 0.717) is 5.82 Å². The van der Waals surface area contributed by atoms with Crippen LogP contribution in [0.5, 0.6) is 0 Å². The predicted molar refractivity (Wildman–Crippen MR) is 44.5 cm³/mol. The Morgan fingerprint density at radius 3 is 2.27 bits per heavy atom. The zero-order valence-corrected chi connectivity index (χ0v) is 7.01. The number of imidazole rings is 1. The average molecular weight is 155 g/mol. The number of nitrogens with one attached hydrogen (secondary N) is 1. The van der Waals surface area contributed by atoms with Crippen LogP contribution in [-0.2, 0) is 5.54 Å². The highest BCUT2D eigenvalue weighted by Gasteiger charge is 2.15. The van der Waals surface area contributed by atoms with Crippen molar-refractivity contribution in [2.45, 2.75) is 26.3 Å². The first-order chi connectivity index (χ1) is 4.91. The van der Waals surface area contributed by atoms with E-state index in [1.165, 1.54) is 0 Å². The van der Waals surface area contributed by atoms with Crippen LogP contribution in [0.2, 0.25) is 0 Å². The minimum Gasteiger partial charge on any atom is -0.384 e. The summed E-state index contributed by atoms with van der Waals surface area (Å²) >= 11 is 0. The van der Waals surface area contributed by atoms with Gasteiger partial charge in [-0.1, -0.05) is 0 Å². The quantitative estimate of drug-likeness (QED) is 0.573. The van der Waals surface area contributed by atoms with E-state index in [-0.39, 0.29) is 11.2 Å². The topological polar surface area (TPSA) is 63.8 Å². The highest BCUT2D eigenvalue weighted by molar-refractivity contribution is 5.23. The number of rotatable bonds is 0. The maximum Gasteiger partial charge on any atom is 0.327 e. The van der Waals surface area contributed by atoms with E-state index in [9.17, 15) is 4.79 Å². The second-order valence-electron chi connectivity index (χ2n) is 3.56. The van der Waals surface area contributed by atoms with Crippen molar-refractivity contribution in [3.05, 3.63) is 16.7 Å². The molecule has 0 unspecified atom stereocenters. The first-order valence-corrected chi connectivity index (χ1v) is 3.49. The number of nitrogen functional groups attached to an aromatic ring is 1. The summed E-state index contributed by atoms with van der Waals surface area (Å²) in [6.07, 6.45) is 1.61. The molecule has 0 aromatic carbocycles. The number of hydrogen-bond acceptors (Lipinski definition) is 2. The average Bonchev–Trinajstić information content (AvgIpc) is 2.08. The molecule has 0 bridgehead atoms. The lowest BCUT2D eigenvalue weighted by atomic mass is 10.1. The van der Waals surface area contributed by atoms with Gasteiger partial charge in [-0.05, 0) is 20.8 Å². The number of aromatic amines is 1. The molecule has 0 saturated heterocycles. The van der Waals surface area contributed by atoms with Gasteiger partial charge in [0.2, 0.25) is 0 Å². The fraction of sp³-hybridized carbons (Fsp3) is 0.571. The van der Waals surface area contributed by atoms with Gasteiger partial charge in [0, 0.05) is 11.7 Å². The Morgan fingerprint density at radius 2 is 2.09 bits per heavy atom. The third-order valence-corrected chi connectivity index (χ3v) is 1.46. The van der Waals surface area contributed by atoms with Crippen LogP contribution >= 0.6 is 0 Å². The van der Waals surface area contributed by atoms with E-state index < -0.39 is 0 Å². The van der Waals surface area contributed by atoms with Crippen LogP contribution in [0, 0.1) is 0 Å². The van der Waals surface area contributed by atoms with Crippen LogP contribution in [0.1, 0.15) is 20.8 Å². The van der Waals surface area contributed by atoms with Crippen molar-refractivity contribution in [3.8, 4) is 0 Å². The molecule has 62 valence electrons. The highest BCUT2D eigenvalue weighted by Crippen LogP contribution is 2.10. The van der Waals surface area contributed by atoms with Gasteiger partial charge in [-0.2, -0.15) is 0 Å². The number of nitrogens with zero attached hydrogens (tertiary/aromatic N) is 1. The summed E-state index contributed by atoms with van der Waals surface area (Å²) in [6, 6.07) is 0. The zero-order valence-electron chi connectivity index (χ0n) is 7.01. The minimum atomic E-state index is -0.203. The molecule has 0 aliphatic rings. The van der Waals surface area contributed by atoms with Gasteiger partial charge < -0.3 is 5.73 Å². The van der Waals surface area contributed by atoms with Gasteiger partial charge in [0.25, 0.3) is 0 Å². The number of hydrogen-bond donors (Lipinski definition) is 2. The second-order valence-corrected chi connectivity index (χ2v) is 3.56. The molecule has 0 fully saturated rings. The normalized spacial score (nSPS) is 11.9. The van der Waals surface area contributed by atoms with Crippen LogP contribution in [0.25, 0.3) is 0 Å². The van der Waals surface area contributed by atoms with Gasteiger partial charge in [-0.25, -0.2) is 4.79 Å². The van der Waals surface area contributed by atoms with Gasteiger partial charge in [0.05, 0.1) is 0 Å². The lowest BCUT2D eigenvalue weighted by molar-refractivity contribution is 0.385. The van der Waals surface area contributed by atoms with Gasteiger partial charge in [0.1, 0.15) is 5.82 Å². The number of aromatic nitrogens is 2. The van der Waals surface area contributed by atoms with Crippen molar-refractivity contribution in [3.63, 3.8) is 0 Å². The Bertz CT molecular complexity index is 302. The van der Waals surface area contributed by atoms with Gasteiger partial charge in [-0.15, -0.1) is 0 Å². The summed E-state index contributed by atoms with van der Waals surface area (Å²) in [5.74, 6) is 0.407. The highest BCUT2D eigenvalue weighted by atomic mass is 16.1.